The molecule has 0 amide bonds. The van der Waals surface area contributed by atoms with E-state index in [0.29, 0.717) is 6.04 Å². The first-order valence-electron chi connectivity index (χ1n) is 7.18. The summed E-state index contributed by atoms with van der Waals surface area (Å²) in [6.45, 7) is 0. The topological polar surface area (TPSA) is 30.7 Å². The van der Waals surface area contributed by atoms with E-state index in [2.05, 4.69) is 66.4 Å². The Morgan fingerprint density at radius 3 is 2.77 bits per heavy atom. The molecule has 2 aromatic heterocycles. The van der Waals surface area contributed by atoms with Crippen molar-refractivity contribution in [3.8, 4) is 10.7 Å². The quantitative estimate of drug-likeness (QED) is 0.545. The smallest absolute Gasteiger partial charge is 0.192 e. The van der Waals surface area contributed by atoms with Gasteiger partial charge in [-0.05, 0) is 35.9 Å². The lowest BCUT2D eigenvalue weighted by Gasteiger charge is -2.08. The van der Waals surface area contributed by atoms with E-state index in [1.54, 1.807) is 23.1 Å². The Hall–Kier alpha value is -1.11. The van der Waals surface area contributed by atoms with E-state index in [0.717, 1.165) is 21.2 Å². The second-order valence-electron chi connectivity index (χ2n) is 5.26. The molecule has 112 valence electrons. The summed E-state index contributed by atoms with van der Waals surface area (Å²) in [6.07, 6.45) is 2.47. The van der Waals surface area contributed by atoms with Crippen LogP contribution in [0.25, 0.3) is 10.7 Å². The van der Waals surface area contributed by atoms with Gasteiger partial charge in [0.05, 0.1) is 4.88 Å². The molecular formula is C16H14BrN3S2. The van der Waals surface area contributed by atoms with Gasteiger partial charge in [-0.2, -0.15) is 0 Å². The van der Waals surface area contributed by atoms with Crippen molar-refractivity contribution >= 4 is 39.0 Å². The third-order valence-electron chi connectivity index (χ3n) is 3.63. The maximum Gasteiger partial charge on any atom is 0.192 e. The van der Waals surface area contributed by atoms with E-state index in [4.69, 9.17) is 0 Å². The zero-order chi connectivity index (χ0) is 14.9. The van der Waals surface area contributed by atoms with Crippen molar-refractivity contribution in [2.45, 2.75) is 29.8 Å². The zero-order valence-corrected chi connectivity index (χ0v) is 15.0. The van der Waals surface area contributed by atoms with Gasteiger partial charge in [0, 0.05) is 16.3 Å². The lowest BCUT2D eigenvalue weighted by Crippen LogP contribution is -1.99. The van der Waals surface area contributed by atoms with Crippen LogP contribution in [0.15, 0.2) is 51.4 Å². The minimum Gasteiger partial charge on any atom is -0.298 e. The molecule has 1 fully saturated rings. The van der Waals surface area contributed by atoms with E-state index in [-0.39, 0.29) is 0 Å². The molecule has 3 nitrogen and oxygen atoms in total. The fourth-order valence-electron chi connectivity index (χ4n) is 2.37. The van der Waals surface area contributed by atoms with E-state index in [1.165, 1.54) is 23.3 Å². The van der Waals surface area contributed by atoms with Crippen molar-refractivity contribution in [1.82, 2.24) is 14.8 Å². The SMILES string of the molecule is Brc1ccccc1CSc1nnc(-c2cccs2)n1C1CC1. The second kappa shape index (κ2) is 6.18. The van der Waals surface area contributed by atoms with Gasteiger partial charge in [0.15, 0.2) is 11.0 Å². The molecule has 0 bridgehead atoms. The summed E-state index contributed by atoms with van der Waals surface area (Å²) >= 11 is 7.10. The van der Waals surface area contributed by atoms with Gasteiger partial charge in [0.2, 0.25) is 0 Å². The highest BCUT2D eigenvalue weighted by atomic mass is 79.9. The lowest BCUT2D eigenvalue weighted by molar-refractivity contribution is 0.670. The number of rotatable bonds is 5. The number of aromatic nitrogens is 3. The maximum absolute atomic E-state index is 4.45. The number of thiophene rings is 1. The summed E-state index contributed by atoms with van der Waals surface area (Å²) in [5.41, 5.74) is 1.29. The third kappa shape index (κ3) is 2.87. The minimum absolute atomic E-state index is 0.578. The van der Waals surface area contributed by atoms with Gasteiger partial charge in [-0.1, -0.05) is 52.0 Å². The summed E-state index contributed by atoms with van der Waals surface area (Å²) in [7, 11) is 0. The van der Waals surface area contributed by atoms with Gasteiger partial charge in [-0.15, -0.1) is 21.5 Å². The monoisotopic (exact) mass is 391 g/mol. The highest BCUT2D eigenvalue weighted by Crippen LogP contribution is 2.42. The van der Waals surface area contributed by atoms with Crippen molar-refractivity contribution in [3.63, 3.8) is 0 Å². The van der Waals surface area contributed by atoms with Crippen LogP contribution in [0.3, 0.4) is 0 Å². The minimum atomic E-state index is 0.578. The number of halogens is 1. The Morgan fingerprint density at radius 1 is 1.18 bits per heavy atom. The molecule has 1 saturated carbocycles. The van der Waals surface area contributed by atoms with Gasteiger partial charge in [-0.25, -0.2) is 0 Å². The van der Waals surface area contributed by atoms with Crippen LogP contribution in [0.4, 0.5) is 0 Å². The van der Waals surface area contributed by atoms with Gasteiger partial charge >= 0.3 is 0 Å². The van der Waals surface area contributed by atoms with Crippen LogP contribution in [0.5, 0.6) is 0 Å². The number of nitrogens with zero attached hydrogens (tertiary/aromatic N) is 3. The molecule has 0 atom stereocenters. The summed E-state index contributed by atoms with van der Waals surface area (Å²) < 4.78 is 3.48. The third-order valence-corrected chi connectivity index (χ3v) is 6.26. The van der Waals surface area contributed by atoms with Gasteiger partial charge in [-0.3, -0.25) is 4.57 Å². The van der Waals surface area contributed by atoms with Crippen molar-refractivity contribution < 1.29 is 0 Å². The molecule has 0 N–H and O–H groups in total. The predicted molar refractivity (Wildman–Crippen MR) is 95.3 cm³/mol. The number of thioether (sulfide) groups is 1. The van der Waals surface area contributed by atoms with Crippen LogP contribution >= 0.6 is 39.0 Å². The normalized spacial score (nSPS) is 14.4. The molecule has 2 heterocycles. The molecule has 0 spiro atoms. The molecule has 0 unspecified atom stereocenters. The van der Waals surface area contributed by atoms with E-state index >= 15 is 0 Å². The Balaban J connectivity index is 1.61. The highest BCUT2D eigenvalue weighted by molar-refractivity contribution is 9.10. The highest BCUT2D eigenvalue weighted by Gasteiger charge is 2.30. The van der Waals surface area contributed by atoms with Crippen LogP contribution in [-0.4, -0.2) is 14.8 Å². The Bertz CT molecular complexity index is 779. The number of benzene rings is 1. The number of hydrogen-bond donors (Lipinski definition) is 0. The molecule has 3 aromatic rings. The first-order valence-corrected chi connectivity index (χ1v) is 9.84. The Kier molecular flexibility index (Phi) is 4.07. The van der Waals surface area contributed by atoms with Crippen LogP contribution in [0, 0.1) is 0 Å². The van der Waals surface area contributed by atoms with Crippen molar-refractivity contribution in [2.24, 2.45) is 0 Å². The second-order valence-corrected chi connectivity index (χ2v) is 8.01. The number of hydrogen-bond acceptors (Lipinski definition) is 4. The molecule has 1 aliphatic carbocycles. The summed E-state index contributed by atoms with van der Waals surface area (Å²) in [4.78, 5) is 1.20. The van der Waals surface area contributed by atoms with Crippen LogP contribution in [0.1, 0.15) is 24.4 Å². The lowest BCUT2D eigenvalue weighted by atomic mass is 10.2. The zero-order valence-electron chi connectivity index (χ0n) is 11.8. The van der Waals surface area contributed by atoms with E-state index in [1.807, 2.05) is 6.07 Å². The van der Waals surface area contributed by atoms with Crippen molar-refractivity contribution in [1.29, 1.82) is 0 Å². The fraction of sp³-hybridized carbons (Fsp3) is 0.250. The molecule has 1 aliphatic rings. The molecule has 0 saturated heterocycles. The van der Waals surface area contributed by atoms with Crippen molar-refractivity contribution in [3.05, 3.63) is 51.8 Å². The summed E-state index contributed by atoms with van der Waals surface area (Å²) in [5.74, 6) is 1.92. The molecule has 1 aromatic carbocycles. The van der Waals surface area contributed by atoms with Gasteiger partial charge in [0.25, 0.3) is 0 Å². The molecule has 0 radical (unpaired) electrons. The summed E-state index contributed by atoms with van der Waals surface area (Å²) in [6, 6.07) is 13.1. The fourth-order valence-corrected chi connectivity index (χ4v) is 4.69. The first-order chi connectivity index (χ1) is 10.8. The average Bonchev–Trinajstić information content (AvgIpc) is 3.06. The molecule has 22 heavy (non-hydrogen) atoms. The van der Waals surface area contributed by atoms with Gasteiger partial charge in [0.1, 0.15) is 0 Å². The maximum atomic E-state index is 4.45. The van der Waals surface area contributed by atoms with E-state index < -0.39 is 0 Å². The van der Waals surface area contributed by atoms with Gasteiger partial charge < -0.3 is 0 Å². The van der Waals surface area contributed by atoms with Crippen LogP contribution in [-0.2, 0) is 5.75 Å². The Labute approximate surface area is 145 Å². The molecular weight excluding hydrogens is 378 g/mol. The largest absolute Gasteiger partial charge is 0.298 e. The van der Waals surface area contributed by atoms with Crippen LogP contribution in [0.2, 0.25) is 0 Å². The summed E-state index contributed by atoms with van der Waals surface area (Å²) in [5, 5.41) is 12.0. The molecule has 4 rings (SSSR count). The Morgan fingerprint density at radius 2 is 2.05 bits per heavy atom. The van der Waals surface area contributed by atoms with Crippen LogP contribution < -0.4 is 0 Å². The van der Waals surface area contributed by atoms with E-state index in [9.17, 15) is 0 Å². The standard InChI is InChI=1S/C16H14BrN3S2/c17-13-5-2-1-4-11(13)10-22-16-19-18-15(14-6-3-9-21-14)20(16)12-7-8-12/h1-6,9,12H,7-8,10H2. The first kappa shape index (κ1) is 14.5. The molecule has 0 aliphatic heterocycles. The predicted octanol–water partition coefficient (Wildman–Crippen LogP) is 5.40. The molecule has 6 heteroatoms. The van der Waals surface area contributed by atoms with Crippen molar-refractivity contribution in [2.75, 3.05) is 0 Å². The average molecular weight is 392 g/mol.